The zero-order valence-corrected chi connectivity index (χ0v) is 34.2. The van der Waals surface area contributed by atoms with Crippen molar-refractivity contribution in [2.75, 3.05) is 13.2 Å². The molecule has 0 heterocycles. The Morgan fingerprint density at radius 1 is 0.453 bits per heavy atom. The lowest BCUT2D eigenvalue weighted by atomic mass is 10.1. The summed E-state index contributed by atoms with van der Waals surface area (Å²) in [5, 5.41) is 9.57. The molecule has 5 heteroatoms. The Labute approximate surface area is 326 Å². The average molecular weight is 737 g/mol. The van der Waals surface area contributed by atoms with E-state index in [1.165, 1.54) is 70.6 Å². The van der Waals surface area contributed by atoms with Crippen molar-refractivity contribution in [3.63, 3.8) is 0 Å². The molecule has 0 aliphatic carbocycles. The number of aliphatic hydroxyl groups is 1. The van der Waals surface area contributed by atoms with Crippen molar-refractivity contribution < 1.29 is 24.2 Å². The van der Waals surface area contributed by atoms with Crippen LogP contribution in [0.2, 0.25) is 0 Å². The standard InChI is InChI=1S/C48H80O5/c1-3-5-7-9-11-13-15-17-19-20-21-22-23-24-25-26-27-28-29-31-33-35-37-39-41-43-48(51)53-46(44-49)45-52-47(50)42-40-38-36-34-32-30-18-16-14-12-10-8-6-4-2/h5,7,11,13,16-19,21-22,24-25,27-28,46,49H,3-4,6,8-10,12,14-15,20,23,26,29-45H2,1-2H3/b7-5-,13-11-,18-16-,19-17-,22-21-,25-24-,28-27-. The maximum absolute atomic E-state index is 12.2. The fourth-order valence-corrected chi connectivity index (χ4v) is 5.67. The highest BCUT2D eigenvalue weighted by Crippen LogP contribution is 2.12. The first-order chi connectivity index (χ1) is 26.1. The van der Waals surface area contributed by atoms with Gasteiger partial charge in [0.15, 0.2) is 6.10 Å². The van der Waals surface area contributed by atoms with Gasteiger partial charge in [-0.25, -0.2) is 0 Å². The lowest BCUT2D eigenvalue weighted by molar-refractivity contribution is -0.161. The molecule has 0 radical (unpaired) electrons. The average Bonchev–Trinajstić information content (AvgIpc) is 3.16. The normalized spacial score (nSPS) is 13.0. The molecule has 0 aliphatic rings. The number of rotatable bonds is 38. The Morgan fingerprint density at radius 3 is 1.25 bits per heavy atom. The zero-order chi connectivity index (χ0) is 38.6. The van der Waals surface area contributed by atoms with E-state index in [1.807, 2.05) is 0 Å². The van der Waals surface area contributed by atoms with E-state index < -0.39 is 6.10 Å². The molecule has 0 bridgehead atoms. The van der Waals surface area contributed by atoms with Gasteiger partial charge in [0.2, 0.25) is 0 Å². The summed E-state index contributed by atoms with van der Waals surface area (Å²) in [6, 6.07) is 0. The molecule has 0 aromatic rings. The topological polar surface area (TPSA) is 72.8 Å². The van der Waals surface area contributed by atoms with E-state index >= 15 is 0 Å². The largest absolute Gasteiger partial charge is 0.462 e. The molecule has 0 aromatic heterocycles. The highest BCUT2D eigenvalue weighted by molar-refractivity contribution is 5.70. The number of allylic oxidation sites excluding steroid dienone is 14. The van der Waals surface area contributed by atoms with Crippen LogP contribution < -0.4 is 0 Å². The SMILES string of the molecule is CC/C=C\C/C=C\C/C=C\C/C=C\C/C=C\C/C=C\CCCCCCCCC(=O)OC(CO)COC(=O)CCCCCCC/C=C\CCCCCCC. The van der Waals surface area contributed by atoms with Gasteiger partial charge in [0.1, 0.15) is 6.61 Å². The molecule has 5 nitrogen and oxygen atoms in total. The molecule has 53 heavy (non-hydrogen) atoms. The predicted molar refractivity (Wildman–Crippen MR) is 228 cm³/mol. The van der Waals surface area contributed by atoms with Crippen LogP contribution in [0.15, 0.2) is 85.1 Å². The Kier molecular flexibility index (Phi) is 41.1. The molecular formula is C48H80O5. The van der Waals surface area contributed by atoms with Gasteiger partial charge < -0.3 is 14.6 Å². The molecule has 0 aliphatic heterocycles. The van der Waals surface area contributed by atoms with Crippen LogP contribution in [-0.4, -0.2) is 36.4 Å². The molecule has 0 saturated carbocycles. The third-order valence-electron chi connectivity index (χ3n) is 8.92. The molecule has 302 valence electrons. The van der Waals surface area contributed by atoms with Crippen LogP contribution in [0, 0.1) is 0 Å². The van der Waals surface area contributed by atoms with Gasteiger partial charge in [0, 0.05) is 12.8 Å². The van der Waals surface area contributed by atoms with Crippen molar-refractivity contribution in [1.82, 2.24) is 0 Å². The molecule has 0 aromatic carbocycles. The third-order valence-corrected chi connectivity index (χ3v) is 8.92. The van der Waals surface area contributed by atoms with E-state index in [-0.39, 0.29) is 25.2 Å². The first kappa shape index (κ1) is 50.1. The minimum absolute atomic E-state index is 0.0806. The molecule has 0 fully saturated rings. The fourth-order valence-electron chi connectivity index (χ4n) is 5.67. The lowest BCUT2D eigenvalue weighted by Crippen LogP contribution is -2.28. The summed E-state index contributed by atoms with van der Waals surface area (Å²) in [5.41, 5.74) is 0. The summed E-state index contributed by atoms with van der Waals surface area (Å²) in [7, 11) is 0. The first-order valence-electron chi connectivity index (χ1n) is 21.6. The van der Waals surface area contributed by atoms with Gasteiger partial charge in [-0.15, -0.1) is 0 Å². The van der Waals surface area contributed by atoms with Gasteiger partial charge in [-0.3, -0.25) is 9.59 Å². The molecule has 1 unspecified atom stereocenters. The summed E-state index contributed by atoms with van der Waals surface area (Å²) in [6.07, 6.45) is 59.3. The summed E-state index contributed by atoms with van der Waals surface area (Å²) >= 11 is 0. The van der Waals surface area contributed by atoms with E-state index in [9.17, 15) is 14.7 Å². The highest BCUT2D eigenvalue weighted by Gasteiger charge is 2.16. The van der Waals surface area contributed by atoms with Crippen LogP contribution in [0.1, 0.15) is 187 Å². The van der Waals surface area contributed by atoms with E-state index in [1.54, 1.807) is 0 Å². The number of carbonyl (C=O) groups is 2. The number of esters is 2. The zero-order valence-electron chi connectivity index (χ0n) is 34.2. The lowest BCUT2D eigenvalue weighted by Gasteiger charge is -2.15. The summed E-state index contributed by atoms with van der Waals surface area (Å²) < 4.78 is 10.6. The Bertz CT molecular complexity index is 1010. The van der Waals surface area contributed by atoms with Crippen LogP contribution in [-0.2, 0) is 19.1 Å². The van der Waals surface area contributed by atoms with Gasteiger partial charge in [-0.1, -0.05) is 170 Å². The Hall–Kier alpha value is -2.92. The second kappa shape index (κ2) is 43.5. The second-order valence-electron chi connectivity index (χ2n) is 14.0. The van der Waals surface area contributed by atoms with Crippen molar-refractivity contribution in [3.05, 3.63) is 85.1 Å². The van der Waals surface area contributed by atoms with Gasteiger partial charge in [-0.05, 0) is 89.9 Å². The molecule has 0 saturated heterocycles. The van der Waals surface area contributed by atoms with E-state index in [0.29, 0.717) is 12.8 Å². The summed E-state index contributed by atoms with van der Waals surface area (Å²) in [5.74, 6) is -0.623. The number of ether oxygens (including phenoxy) is 2. The van der Waals surface area contributed by atoms with Crippen LogP contribution in [0.3, 0.4) is 0 Å². The predicted octanol–water partition coefficient (Wildman–Crippen LogP) is 13.9. The minimum atomic E-state index is -0.787. The van der Waals surface area contributed by atoms with Crippen molar-refractivity contribution in [3.8, 4) is 0 Å². The number of hydrogen-bond donors (Lipinski definition) is 1. The van der Waals surface area contributed by atoms with Crippen molar-refractivity contribution in [2.45, 2.75) is 193 Å². The first-order valence-corrected chi connectivity index (χ1v) is 21.6. The van der Waals surface area contributed by atoms with E-state index in [4.69, 9.17) is 9.47 Å². The molecule has 0 amide bonds. The summed E-state index contributed by atoms with van der Waals surface area (Å²) in [4.78, 5) is 24.3. The highest BCUT2D eigenvalue weighted by atomic mass is 16.6. The van der Waals surface area contributed by atoms with E-state index in [0.717, 1.165) is 89.9 Å². The van der Waals surface area contributed by atoms with Gasteiger partial charge >= 0.3 is 11.9 Å². The van der Waals surface area contributed by atoms with Gasteiger partial charge in [0.05, 0.1) is 6.61 Å². The monoisotopic (exact) mass is 737 g/mol. The van der Waals surface area contributed by atoms with Crippen LogP contribution in [0.25, 0.3) is 0 Å². The maximum atomic E-state index is 12.2. The van der Waals surface area contributed by atoms with Crippen LogP contribution in [0.5, 0.6) is 0 Å². The van der Waals surface area contributed by atoms with Crippen LogP contribution >= 0.6 is 0 Å². The number of carbonyl (C=O) groups excluding carboxylic acids is 2. The van der Waals surface area contributed by atoms with Gasteiger partial charge in [-0.2, -0.15) is 0 Å². The second-order valence-corrected chi connectivity index (χ2v) is 14.0. The van der Waals surface area contributed by atoms with Crippen molar-refractivity contribution in [1.29, 1.82) is 0 Å². The number of hydrogen-bond acceptors (Lipinski definition) is 5. The third kappa shape index (κ3) is 41.7. The smallest absolute Gasteiger partial charge is 0.306 e. The molecular weight excluding hydrogens is 657 g/mol. The van der Waals surface area contributed by atoms with E-state index in [2.05, 4.69) is 98.9 Å². The molecule has 0 rings (SSSR count). The van der Waals surface area contributed by atoms with Crippen molar-refractivity contribution in [2.24, 2.45) is 0 Å². The number of aliphatic hydroxyl groups excluding tert-OH is 1. The van der Waals surface area contributed by atoms with Gasteiger partial charge in [0.25, 0.3) is 0 Å². The quantitative estimate of drug-likeness (QED) is 0.0388. The maximum Gasteiger partial charge on any atom is 0.306 e. The molecule has 0 spiro atoms. The molecule has 1 atom stereocenters. The molecule has 1 N–H and O–H groups in total. The minimum Gasteiger partial charge on any atom is -0.462 e. The van der Waals surface area contributed by atoms with Crippen molar-refractivity contribution >= 4 is 11.9 Å². The fraction of sp³-hybridized carbons (Fsp3) is 0.667. The summed E-state index contributed by atoms with van der Waals surface area (Å²) in [6.45, 7) is 3.98. The Balaban J connectivity index is 3.63. The number of unbranched alkanes of at least 4 members (excludes halogenated alkanes) is 16. The Morgan fingerprint density at radius 2 is 0.811 bits per heavy atom. The van der Waals surface area contributed by atoms with Crippen LogP contribution in [0.4, 0.5) is 0 Å².